The Bertz CT molecular complexity index is 418. The molecule has 0 saturated heterocycles. The van der Waals surface area contributed by atoms with Crippen LogP contribution in [0.4, 0.5) is 0 Å². The third-order valence-corrected chi connectivity index (χ3v) is 3.94. The van der Waals surface area contributed by atoms with Crippen molar-refractivity contribution in [2.75, 3.05) is 5.33 Å². The third kappa shape index (κ3) is 4.39. The lowest BCUT2D eigenvalue weighted by molar-refractivity contribution is 0.0924. The van der Waals surface area contributed by atoms with E-state index in [1.54, 1.807) is 0 Å². The molecule has 1 atom stereocenters. The summed E-state index contributed by atoms with van der Waals surface area (Å²) in [7, 11) is 0. The maximum atomic E-state index is 12.3. The summed E-state index contributed by atoms with van der Waals surface area (Å²) in [4.78, 5) is 12.3. The molecule has 1 aromatic rings. The summed E-state index contributed by atoms with van der Waals surface area (Å²) in [5.74, 6) is 0.437. The van der Waals surface area contributed by atoms with Crippen LogP contribution in [0.1, 0.15) is 36.2 Å². The Morgan fingerprint density at radius 2 is 2.06 bits per heavy atom. The summed E-state index contributed by atoms with van der Waals surface area (Å²) >= 11 is 6.83. The summed E-state index contributed by atoms with van der Waals surface area (Å²) < 4.78 is 0.930. The van der Waals surface area contributed by atoms with Gasteiger partial charge in [-0.25, -0.2) is 0 Å². The van der Waals surface area contributed by atoms with Crippen LogP contribution in [-0.4, -0.2) is 17.3 Å². The highest BCUT2D eigenvalue weighted by Crippen LogP contribution is 2.17. The van der Waals surface area contributed by atoms with Crippen LogP contribution in [0.5, 0.6) is 0 Å². The topological polar surface area (TPSA) is 29.1 Å². The molecule has 0 aromatic heterocycles. The van der Waals surface area contributed by atoms with Gasteiger partial charge in [0.25, 0.3) is 5.91 Å². The highest BCUT2D eigenvalue weighted by atomic mass is 79.9. The molecule has 0 radical (unpaired) electrons. The Balaban J connectivity index is 2.83. The zero-order valence-electron chi connectivity index (χ0n) is 11.0. The second-order valence-corrected chi connectivity index (χ2v) is 6.47. The SMILES string of the molecule is Cc1ccc(Br)cc1C(=O)NC(CCBr)C(C)C. The van der Waals surface area contributed by atoms with Crippen molar-refractivity contribution in [2.24, 2.45) is 5.92 Å². The minimum atomic E-state index is 0.00782. The summed E-state index contributed by atoms with van der Waals surface area (Å²) in [6.07, 6.45) is 0.941. The molecule has 0 aliphatic carbocycles. The van der Waals surface area contributed by atoms with Crippen molar-refractivity contribution in [3.05, 3.63) is 33.8 Å². The van der Waals surface area contributed by atoms with E-state index >= 15 is 0 Å². The number of halogens is 2. The molecule has 100 valence electrons. The van der Waals surface area contributed by atoms with Crippen LogP contribution in [0.15, 0.2) is 22.7 Å². The van der Waals surface area contributed by atoms with E-state index < -0.39 is 0 Å². The fourth-order valence-corrected chi connectivity index (χ4v) is 2.63. The molecule has 0 spiro atoms. The Morgan fingerprint density at radius 3 is 2.61 bits per heavy atom. The highest BCUT2D eigenvalue weighted by Gasteiger charge is 2.17. The minimum Gasteiger partial charge on any atom is -0.349 e. The van der Waals surface area contributed by atoms with Gasteiger partial charge >= 0.3 is 0 Å². The monoisotopic (exact) mass is 375 g/mol. The van der Waals surface area contributed by atoms with Crippen molar-refractivity contribution in [3.8, 4) is 0 Å². The molecule has 0 aliphatic heterocycles. The van der Waals surface area contributed by atoms with Crippen molar-refractivity contribution >= 4 is 37.8 Å². The van der Waals surface area contributed by atoms with Gasteiger partial charge in [-0.3, -0.25) is 4.79 Å². The zero-order valence-corrected chi connectivity index (χ0v) is 14.1. The van der Waals surface area contributed by atoms with Gasteiger partial charge in [0.2, 0.25) is 0 Å². The number of rotatable bonds is 5. The molecule has 4 heteroatoms. The molecule has 1 aromatic carbocycles. The van der Waals surface area contributed by atoms with Gasteiger partial charge in [-0.1, -0.05) is 51.8 Å². The maximum Gasteiger partial charge on any atom is 0.251 e. The molecule has 0 heterocycles. The number of amides is 1. The van der Waals surface area contributed by atoms with E-state index in [2.05, 4.69) is 51.0 Å². The van der Waals surface area contributed by atoms with E-state index in [0.717, 1.165) is 27.4 Å². The number of carbonyl (C=O) groups excluding carboxylic acids is 1. The predicted octanol–water partition coefficient (Wildman–Crippen LogP) is 4.30. The average Bonchev–Trinajstić information content (AvgIpc) is 2.31. The van der Waals surface area contributed by atoms with E-state index in [0.29, 0.717) is 5.92 Å². The quantitative estimate of drug-likeness (QED) is 0.762. The summed E-state index contributed by atoms with van der Waals surface area (Å²) in [5.41, 5.74) is 1.74. The molecular weight excluding hydrogens is 358 g/mol. The molecule has 1 amide bonds. The lowest BCUT2D eigenvalue weighted by Crippen LogP contribution is -2.39. The molecule has 18 heavy (non-hydrogen) atoms. The maximum absolute atomic E-state index is 12.3. The first-order valence-corrected chi connectivity index (χ1v) is 8.00. The van der Waals surface area contributed by atoms with Crippen LogP contribution in [0.3, 0.4) is 0 Å². The van der Waals surface area contributed by atoms with Gasteiger partial charge in [0.1, 0.15) is 0 Å². The number of benzene rings is 1. The van der Waals surface area contributed by atoms with Crippen LogP contribution in [0.2, 0.25) is 0 Å². The van der Waals surface area contributed by atoms with E-state index in [4.69, 9.17) is 0 Å². The van der Waals surface area contributed by atoms with Crippen LogP contribution in [0.25, 0.3) is 0 Å². The van der Waals surface area contributed by atoms with Gasteiger partial charge in [-0.2, -0.15) is 0 Å². The smallest absolute Gasteiger partial charge is 0.251 e. The molecular formula is C14H19Br2NO. The van der Waals surface area contributed by atoms with Gasteiger partial charge in [0, 0.05) is 21.4 Å². The van der Waals surface area contributed by atoms with Crippen molar-refractivity contribution in [1.29, 1.82) is 0 Å². The number of hydrogen-bond donors (Lipinski definition) is 1. The fourth-order valence-electron chi connectivity index (χ4n) is 1.77. The van der Waals surface area contributed by atoms with Gasteiger partial charge in [0.15, 0.2) is 0 Å². The zero-order chi connectivity index (χ0) is 13.7. The molecule has 1 rings (SSSR count). The minimum absolute atomic E-state index is 0.00782. The lowest BCUT2D eigenvalue weighted by Gasteiger charge is -2.22. The van der Waals surface area contributed by atoms with Crippen LogP contribution >= 0.6 is 31.9 Å². The number of nitrogens with one attached hydrogen (secondary N) is 1. The molecule has 2 nitrogen and oxygen atoms in total. The molecule has 1 unspecified atom stereocenters. The molecule has 0 bridgehead atoms. The largest absolute Gasteiger partial charge is 0.349 e. The van der Waals surface area contributed by atoms with Crippen molar-refractivity contribution in [3.63, 3.8) is 0 Å². The number of alkyl halides is 1. The van der Waals surface area contributed by atoms with Gasteiger partial charge in [0.05, 0.1) is 0 Å². The Kier molecular flexibility index (Phi) is 6.36. The first-order valence-electron chi connectivity index (χ1n) is 6.08. The second kappa shape index (κ2) is 7.29. The van der Waals surface area contributed by atoms with Gasteiger partial charge in [-0.05, 0) is 37.0 Å². The van der Waals surface area contributed by atoms with Crippen LogP contribution in [-0.2, 0) is 0 Å². The van der Waals surface area contributed by atoms with E-state index in [9.17, 15) is 4.79 Å². The van der Waals surface area contributed by atoms with Crippen LogP contribution in [0, 0.1) is 12.8 Å². The number of hydrogen-bond acceptors (Lipinski definition) is 1. The van der Waals surface area contributed by atoms with Gasteiger partial charge < -0.3 is 5.32 Å². The van der Waals surface area contributed by atoms with Crippen molar-refractivity contribution in [2.45, 2.75) is 33.2 Å². The summed E-state index contributed by atoms with van der Waals surface area (Å²) in [6, 6.07) is 5.98. The van der Waals surface area contributed by atoms with E-state index in [1.807, 2.05) is 25.1 Å². The number of carbonyl (C=O) groups is 1. The number of aryl methyl sites for hydroxylation is 1. The summed E-state index contributed by atoms with van der Waals surface area (Å²) in [6.45, 7) is 6.21. The molecule has 0 fully saturated rings. The van der Waals surface area contributed by atoms with E-state index in [1.165, 1.54) is 0 Å². The summed E-state index contributed by atoms with van der Waals surface area (Å²) in [5, 5.41) is 4.01. The van der Waals surface area contributed by atoms with Crippen molar-refractivity contribution < 1.29 is 4.79 Å². The predicted molar refractivity (Wildman–Crippen MR) is 83.4 cm³/mol. The normalized spacial score (nSPS) is 12.6. The molecule has 0 saturated carbocycles. The Labute approximate surface area is 126 Å². The average molecular weight is 377 g/mol. The molecule has 0 aliphatic rings. The van der Waals surface area contributed by atoms with Crippen LogP contribution < -0.4 is 5.32 Å². The van der Waals surface area contributed by atoms with Gasteiger partial charge in [-0.15, -0.1) is 0 Å². The first kappa shape index (κ1) is 15.7. The van der Waals surface area contributed by atoms with E-state index in [-0.39, 0.29) is 11.9 Å². The third-order valence-electron chi connectivity index (χ3n) is 2.99. The lowest BCUT2D eigenvalue weighted by atomic mass is 10.0. The fraction of sp³-hybridized carbons (Fsp3) is 0.500. The standard InChI is InChI=1S/C14H19Br2NO/c1-9(2)13(6-7-15)17-14(18)12-8-11(16)5-4-10(12)3/h4-5,8-9,13H,6-7H2,1-3H3,(H,17,18). The molecule has 1 N–H and O–H groups in total. The Morgan fingerprint density at radius 1 is 1.39 bits per heavy atom. The highest BCUT2D eigenvalue weighted by molar-refractivity contribution is 9.10. The Hall–Kier alpha value is -0.350. The van der Waals surface area contributed by atoms with Crippen molar-refractivity contribution in [1.82, 2.24) is 5.32 Å². The first-order chi connectivity index (χ1) is 8.45. The second-order valence-electron chi connectivity index (χ2n) is 4.76.